The lowest BCUT2D eigenvalue weighted by molar-refractivity contribution is -0.124. The van der Waals surface area contributed by atoms with Gasteiger partial charge in [-0.05, 0) is 32.8 Å². The van der Waals surface area contributed by atoms with E-state index in [1.807, 2.05) is 51.1 Å². The van der Waals surface area contributed by atoms with Gasteiger partial charge in [0.25, 0.3) is 0 Å². The molecule has 2 N–H and O–H groups in total. The van der Waals surface area contributed by atoms with Crippen molar-refractivity contribution in [3.05, 3.63) is 35.9 Å². The van der Waals surface area contributed by atoms with E-state index < -0.39 is 0 Å². The van der Waals surface area contributed by atoms with Crippen molar-refractivity contribution < 1.29 is 4.79 Å². The van der Waals surface area contributed by atoms with Gasteiger partial charge in [0.05, 0.1) is 6.04 Å². The number of benzene rings is 1. The van der Waals surface area contributed by atoms with E-state index in [1.54, 1.807) is 0 Å². The quantitative estimate of drug-likeness (QED) is 0.812. The first-order valence-electron chi connectivity index (χ1n) is 6.54. The van der Waals surface area contributed by atoms with Crippen LogP contribution >= 0.6 is 0 Å². The third-order valence-electron chi connectivity index (χ3n) is 3.19. The van der Waals surface area contributed by atoms with Gasteiger partial charge in [0.15, 0.2) is 0 Å². The van der Waals surface area contributed by atoms with Crippen LogP contribution in [-0.4, -0.2) is 17.5 Å². The van der Waals surface area contributed by atoms with E-state index in [4.69, 9.17) is 0 Å². The molecule has 0 spiro atoms. The van der Waals surface area contributed by atoms with Gasteiger partial charge in [0, 0.05) is 12.1 Å². The molecule has 18 heavy (non-hydrogen) atoms. The number of hydrogen-bond acceptors (Lipinski definition) is 2. The summed E-state index contributed by atoms with van der Waals surface area (Å²) in [7, 11) is 0. The van der Waals surface area contributed by atoms with Crippen LogP contribution in [0.25, 0.3) is 0 Å². The van der Waals surface area contributed by atoms with Gasteiger partial charge in [0.1, 0.15) is 0 Å². The lowest BCUT2D eigenvalue weighted by Gasteiger charge is -2.26. The maximum Gasteiger partial charge on any atom is 0.237 e. The van der Waals surface area contributed by atoms with Gasteiger partial charge in [0.2, 0.25) is 5.91 Å². The van der Waals surface area contributed by atoms with E-state index in [9.17, 15) is 4.79 Å². The Morgan fingerprint density at radius 3 is 2.44 bits per heavy atom. The Morgan fingerprint density at radius 1 is 1.28 bits per heavy atom. The van der Waals surface area contributed by atoms with Crippen molar-refractivity contribution in [3.8, 4) is 0 Å². The van der Waals surface area contributed by atoms with E-state index in [2.05, 4.69) is 17.6 Å². The smallest absolute Gasteiger partial charge is 0.237 e. The van der Waals surface area contributed by atoms with Gasteiger partial charge in [-0.15, -0.1) is 0 Å². The highest BCUT2D eigenvalue weighted by Crippen LogP contribution is 2.07. The topological polar surface area (TPSA) is 41.1 Å². The van der Waals surface area contributed by atoms with Gasteiger partial charge in [-0.25, -0.2) is 0 Å². The lowest BCUT2D eigenvalue weighted by Crippen LogP contribution is -2.50. The summed E-state index contributed by atoms with van der Waals surface area (Å²) in [6, 6.07) is 9.91. The van der Waals surface area contributed by atoms with Gasteiger partial charge in [-0.2, -0.15) is 0 Å². The summed E-state index contributed by atoms with van der Waals surface area (Å²) < 4.78 is 0. The van der Waals surface area contributed by atoms with Gasteiger partial charge in [-0.1, -0.05) is 37.3 Å². The largest absolute Gasteiger partial charge is 0.350 e. The van der Waals surface area contributed by atoms with Crippen molar-refractivity contribution in [1.29, 1.82) is 0 Å². The van der Waals surface area contributed by atoms with E-state index >= 15 is 0 Å². The zero-order chi connectivity index (χ0) is 13.6. The highest BCUT2D eigenvalue weighted by atomic mass is 16.2. The second-order valence-corrected chi connectivity index (χ2v) is 5.31. The Hall–Kier alpha value is -1.35. The number of carbonyl (C=O) groups is 1. The molecule has 0 aliphatic rings. The van der Waals surface area contributed by atoms with Crippen molar-refractivity contribution in [3.63, 3.8) is 0 Å². The number of hydrogen-bond donors (Lipinski definition) is 2. The monoisotopic (exact) mass is 248 g/mol. The summed E-state index contributed by atoms with van der Waals surface area (Å²) in [6.07, 6.45) is 0.921. The Kier molecular flexibility index (Phi) is 5.35. The third kappa shape index (κ3) is 4.88. The van der Waals surface area contributed by atoms with Gasteiger partial charge in [-0.3, -0.25) is 4.79 Å². The standard InChI is InChI=1S/C15H24N2O/c1-5-15(3,4)17-14(18)12(2)16-11-13-9-7-6-8-10-13/h6-10,12,16H,5,11H2,1-4H3,(H,17,18). The molecule has 1 aromatic rings. The molecule has 1 amide bonds. The molecule has 0 fully saturated rings. The van der Waals surface area contributed by atoms with Crippen molar-refractivity contribution in [2.75, 3.05) is 0 Å². The molecule has 0 heterocycles. The molecule has 0 saturated carbocycles. The maximum absolute atomic E-state index is 12.0. The summed E-state index contributed by atoms with van der Waals surface area (Å²) in [4.78, 5) is 12.0. The molecule has 3 nitrogen and oxygen atoms in total. The Labute approximate surface area is 110 Å². The fourth-order valence-corrected chi connectivity index (χ4v) is 1.49. The summed E-state index contributed by atoms with van der Waals surface area (Å²) in [5.41, 5.74) is 1.05. The average Bonchev–Trinajstić information content (AvgIpc) is 2.36. The number of carbonyl (C=O) groups excluding carboxylic acids is 1. The van der Waals surface area contributed by atoms with E-state index in [0.717, 1.165) is 6.42 Å². The minimum atomic E-state index is -0.184. The Morgan fingerprint density at radius 2 is 1.89 bits per heavy atom. The lowest BCUT2D eigenvalue weighted by atomic mass is 10.0. The third-order valence-corrected chi connectivity index (χ3v) is 3.19. The first kappa shape index (κ1) is 14.7. The normalized spacial score (nSPS) is 13.1. The predicted octanol–water partition coefficient (Wildman–Crippen LogP) is 2.47. The molecule has 0 radical (unpaired) electrons. The van der Waals surface area contributed by atoms with Crippen LogP contribution in [0.4, 0.5) is 0 Å². The fourth-order valence-electron chi connectivity index (χ4n) is 1.49. The van der Waals surface area contributed by atoms with Crippen LogP contribution in [0.3, 0.4) is 0 Å². The second-order valence-electron chi connectivity index (χ2n) is 5.31. The Balaban J connectivity index is 2.41. The van der Waals surface area contributed by atoms with Crippen molar-refractivity contribution in [2.24, 2.45) is 0 Å². The van der Waals surface area contributed by atoms with E-state index in [1.165, 1.54) is 5.56 Å². The summed E-state index contributed by atoms with van der Waals surface area (Å²) >= 11 is 0. The maximum atomic E-state index is 12.0. The van der Waals surface area contributed by atoms with Crippen LogP contribution in [0.5, 0.6) is 0 Å². The molecule has 0 aliphatic heterocycles. The molecule has 1 atom stereocenters. The average molecular weight is 248 g/mol. The fraction of sp³-hybridized carbons (Fsp3) is 0.533. The molecule has 0 saturated heterocycles. The van der Waals surface area contributed by atoms with Crippen LogP contribution in [0.2, 0.25) is 0 Å². The van der Waals surface area contributed by atoms with Gasteiger partial charge < -0.3 is 10.6 Å². The summed E-state index contributed by atoms with van der Waals surface area (Å²) in [5.74, 6) is 0.0535. The molecule has 0 aliphatic carbocycles. The van der Waals surface area contributed by atoms with E-state index in [-0.39, 0.29) is 17.5 Å². The van der Waals surface area contributed by atoms with Crippen LogP contribution in [-0.2, 0) is 11.3 Å². The summed E-state index contributed by atoms with van der Waals surface area (Å²) in [6.45, 7) is 8.75. The molecular weight excluding hydrogens is 224 g/mol. The zero-order valence-electron chi connectivity index (χ0n) is 11.8. The molecule has 100 valence electrons. The molecule has 1 unspecified atom stereocenters. The molecule has 1 aromatic carbocycles. The zero-order valence-corrected chi connectivity index (χ0v) is 11.8. The van der Waals surface area contributed by atoms with Crippen LogP contribution in [0, 0.1) is 0 Å². The van der Waals surface area contributed by atoms with Crippen LogP contribution in [0.15, 0.2) is 30.3 Å². The number of rotatable bonds is 6. The molecular formula is C15H24N2O. The van der Waals surface area contributed by atoms with Gasteiger partial charge >= 0.3 is 0 Å². The molecule has 0 bridgehead atoms. The SMILES string of the molecule is CCC(C)(C)NC(=O)C(C)NCc1ccccc1. The van der Waals surface area contributed by atoms with Crippen LogP contribution in [0.1, 0.15) is 39.7 Å². The molecule has 0 aromatic heterocycles. The second kappa shape index (κ2) is 6.55. The highest BCUT2D eigenvalue weighted by molar-refractivity contribution is 5.81. The van der Waals surface area contributed by atoms with Crippen molar-refractivity contribution >= 4 is 5.91 Å². The van der Waals surface area contributed by atoms with E-state index in [0.29, 0.717) is 6.54 Å². The first-order chi connectivity index (χ1) is 8.44. The number of nitrogens with one attached hydrogen (secondary N) is 2. The highest BCUT2D eigenvalue weighted by Gasteiger charge is 2.21. The Bertz CT molecular complexity index is 373. The van der Waals surface area contributed by atoms with Crippen LogP contribution < -0.4 is 10.6 Å². The summed E-state index contributed by atoms with van der Waals surface area (Å²) in [5, 5.41) is 6.27. The minimum absolute atomic E-state index is 0.0535. The minimum Gasteiger partial charge on any atom is -0.350 e. The molecule has 1 rings (SSSR count). The number of amides is 1. The predicted molar refractivity (Wildman–Crippen MR) is 75.3 cm³/mol. The first-order valence-corrected chi connectivity index (χ1v) is 6.54. The molecule has 3 heteroatoms. The van der Waals surface area contributed by atoms with Crippen molar-refractivity contribution in [2.45, 2.75) is 52.2 Å². The van der Waals surface area contributed by atoms with Crippen molar-refractivity contribution in [1.82, 2.24) is 10.6 Å².